The molecule has 2 aliphatic heterocycles. The zero-order chi connectivity index (χ0) is 28.2. The number of amides is 1. The molecule has 4 heterocycles. The first kappa shape index (κ1) is 26.5. The third kappa shape index (κ3) is 4.78. The van der Waals surface area contributed by atoms with Crippen molar-refractivity contribution in [3.05, 3.63) is 47.5 Å². The van der Waals surface area contributed by atoms with Gasteiger partial charge in [0.2, 0.25) is 0 Å². The van der Waals surface area contributed by atoms with Crippen molar-refractivity contribution in [3.63, 3.8) is 0 Å². The first-order chi connectivity index (χ1) is 19.9. The SMILES string of the molecule is COC1CCN(c2ccc3cc(-c4nc5cc6c(cc5n4C)CCN(C[C@H](N)CF)C6=O)n(CC4CC4)c3c2)CC1. The maximum Gasteiger partial charge on any atom is 0.254 e. The summed E-state index contributed by atoms with van der Waals surface area (Å²) in [4.78, 5) is 22.5. The van der Waals surface area contributed by atoms with E-state index in [1.54, 1.807) is 4.90 Å². The van der Waals surface area contributed by atoms with Crippen molar-refractivity contribution in [2.75, 3.05) is 44.9 Å². The van der Waals surface area contributed by atoms with Crippen LogP contribution >= 0.6 is 0 Å². The molecular weight excluding hydrogens is 519 g/mol. The predicted octanol–water partition coefficient (Wildman–Crippen LogP) is 4.52. The lowest BCUT2D eigenvalue weighted by atomic mass is 9.97. The number of methoxy groups -OCH3 is 1. The lowest BCUT2D eigenvalue weighted by Crippen LogP contribution is -2.45. The molecule has 0 unspecified atom stereocenters. The Labute approximate surface area is 239 Å². The summed E-state index contributed by atoms with van der Waals surface area (Å²) in [6.45, 7) is 3.14. The Bertz CT molecular complexity index is 1610. The highest BCUT2D eigenvalue weighted by Crippen LogP contribution is 2.38. The molecule has 2 fully saturated rings. The van der Waals surface area contributed by atoms with Gasteiger partial charge in [0.15, 0.2) is 5.82 Å². The highest BCUT2D eigenvalue weighted by molar-refractivity contribution is 6.00. The summed E-state index contributed by atoms with van der Waals surface area (Å²) in [5.74, 6) is 1.52. The fourth-order valence-electron chi connectivity index (χ4n) is 6.68. The van der Waals surface area contributed by atoms with Crippen LogP contribution in [0.3, 0.4) is 0 Å². The molecule has 1 atom stereocenters. The van der Waals surface area contributed by atoms with Gasteiger partial charge in [-0.3, -0.25) is 4.79 Å². The Morgan fingerprint density at radius 2 is 1.88 bits per heavy atom. The normalized spacial score (nSPS) is 19.0. The average molecular weight is 559 g/mol. The molecule has 2 aromatic carbocycles. The molecule has 41 heavy (non-hydrogen) atoms. The van der Waals surface area contributed by atoms with Gasteiger partial charge in [-0.05, 0) is 73.9 Å². The number of benzene rings is 2. The fourth-order valence-corrected chi connectivity index (χ4v) is 6.68. The van der Waals surface area contributed by atoms with Crippen molar-refractivity contribution in [2.24, 2.45) is 18.7 Å². The molecule has 7 rings (SSSR count). The topological polar surface area (TPSA) is 81.6 Å². The Kier molecular flexibility index (Phi) is 6.74. The zero-order valence-electron chi connectivity index (χ0n) is 24.0. The van der Waals surface area contributed by atoms with Crippen LogP contribution in [0.4, 0.5) is 10.1 Å². The Balaban J connectivity index is 1.27. The van der Waals surface area contributed by atoms with Crippen molar-refractivity contribution >= 4 is 33.5 Å². The minimum absolute atomic E-state index is 0.0887. The van der Waals surface area contributed by atoms with Crippen LogP contribution in [0.5, 0.6) is 0 Å². The summed E-state index contributed by atoms with van der Waals surface area (Å²) in [7, 11) is 3.88. The van der Waals surface area contributed by atoms with Gasteiger partial charge in [-0.2, -0.15) is 0 Å². The van der Waals surface area contributed by atoms with Crippen LogP contribution in [0, 0.1) is 5.92 Å². The molecule has 9 heteroatoms. The third-order valence-electron chi connectivity index (χ3n) is 9.32. The predicted molar refractivity (Wildman–Crippen MR) is 160 cm³/mol. The lowest BCUT2D eigenvalue weighted by molar-refractivity contribution is 0.0725. The monoisotopic (exact) mass is 558 g/mol. The Hall–Kier alpha value is -3.43. The number of imidazole rings is 1. The van der Waals surface area contributed by atoms with Crippen molar-refractivity contribution in [3.8, 4) is 11.5 Å². The molecule has 1 aliphatic carbocycles. The van der Waals surface area contributed by atoms with Crippen LogP contribution in [0.15, 0.2) is 36.4 Å². The van der Waals surface area contributed by atoms with Crippen molar-refractivity contribution in [2.45, 2.75) is 50.8 Å². The van der Waals surface area contributed by atoms with Crippen LogP contribution in [0.25, 0.3) is 33.5 Å². The molecule has 216 valence electrons. The van der Waals surface area contributed by atoms with E-state index in [0.29, 0.717) is 24.1 Å². The maximum atomic E-state index is 13.3. The second kappa shape index (κ2) is 10.4. The number of nitrogens with zero attached hydrogens (tertiary/aromatic N) is 5. The van der Waals surface area contributed by atoms with Gasteiger partial charge in [0.05, 0.1) is 34.4 Å². The van der Waals surface area contributed by atoms with Gasteiger partial charge in [0.25, 0.3) is 5.91 Å². The molecule has 4 aromatic rings. The Morgan fingerprint density at radius 1 is 1.07 bits per heavy atom. The van der Waals surface area contributed by atoms with Crippen molar-refractivity contribution in [1.29, 1.82) is 0 Å². The summed E-state index contributed by atoms with van der Waals surface area (Å²) in [6.07, 6.45) is 5.72. The minimum Gasteiger partial charge on any atom is -0.381 e. The summed E-state index contributed by atoms with van der Waals surface area (Å²) >= 11 is 0. The molecular formula is C32H39FN6O2. The number of halogens is 1. The summed E-state index contributed by atoms with van der Waals surface area (Å²) < 4.78 is 23.3. The van der Waals surface area contributed by atoms with Gasteiger partial charge >= 0.3 is 0 Å². The van der Waals surface area contributed by atoms with E-state index < -0.39 is 12.7 Å². The van der Waals surface area contributed by atoms with Crippen molar-refractivity contribution < 1.29 is 13.9 Å². The quantitative estimate of drug-likeness (QED) is 0.344. The van der Waals surface area contributed by atoms with Gasteiger partial charge in [-0.15, -0.1) is 0 Å². The van der Waals surface area contributed by atoms with Crippen LogP contribution in [-0.4, -0.2) is 77.0 Å². The first-order valence-electron chi connectivity index (χ1n) is 14.9. The van der Waals surface area contributed by atoms with Gasteiger partial charge in [-0.25, -0.2) is 9.37 Å². The second-order valence-electron chi connectivity index (χ2n) is 12.2. The molecule has 3 aliphatic rings. The molecule has 2 aromatic heterocycles. The second-order valence-corrected chi connectivity index (χ2v) is 12.2. The number of carbonyl (C=O) groups excluding carboxylic acids is 1. The number of hydrogen-bond acceptors (Lipinski definition) is 5. The summed E-state index contributed by atoms with van der Waals surface area (Å²) in [5, 5.41) is 1.22. The number of piperidine rings is 1. The standard InChI is InChI=1S/C32H39FN6O2/c1-36-29-13-21-7-10-38(19-23(34)17-33)32(40)26(21)16-27(29)35-31(36)30-14-22-5-6-24(37-11-8-25(41-2)9-12-37)15-28(22)39(30)18-20-3-4-20/h5-6,13-16,20,23,25H,3-4,7-12,17-19,34H2,1-2H3/t23-/m1/s1. The molecule has 2 N–H and O–H groups in total. The Morgan fingerprint density at radius 3 is 2.61 bits per heavy atom. The van der Waals surface area contributed by atoms with E-state index in [2.05, 4.69) is 51.4 Å². The van der Waals surface area contributed by atoms with Crippen LogP contribution < -0.4 is 10.6 Å². The number of aryl methyl sites for hydroxylation is 1. The highest BCUT2D eigenvalue weighted by Gasteiger charge is 2.29. The molecule has 0 radical (unpaired) electrons. The van der Waals surface area contributed by atoms with Crippen LogP contribution in [0.2, 0.25) is 0 Å². The van der Waals surface area contributed by atoms with E-state index in [1.807, 2.05) is 13.2 Å². The smallest absolute Gasteiger partial charge is 0.254 e. The molecule has 0 bridgehead atoms. The van der Waals surface area contributed by atoms with Crippen LogP contribution in [-0.2, 0) is 24.8 Å². The summed E-state index contributed by atoms with van der Waals surface area (Å²) in [6, 6.07) is 12.5. The zero-order valence-corrected chi connectivity index (χ0v) is 24.0. The molecule has 0 spiro atoms. The number of carbonyl (C=O) groups is 1. The number of nitrogens with two attached hydrogens (primary N) is 1. The molecule has 1 saturated heterocycles. The van der Waals surface area contributed by atoms with E-state index in [1.165, 1.54) is 29.4 Å². The van der Waals surface area contributed by atoms with Gasteiger partial charge in [0, 0.05) is 63.5 Å². The van der Waals surface area contributed by atoms with Crippen molar-refractivity contribution in [1.82, 2.24) is 19.0 Å². The first-order valence-corrected chi connectivity index (χ1v) is 14.9. The summed E-state index contributed by atoms with van der Waals surface area (Å²) in [5.41, 5.74) is 12.9. The maximum absolute atomic E-state index is 13.3. The number of rotatable bonds is 8. The molecule has 8 nitrogen and oxygen atoms in total. The average Bonchev–Trinajstić information content (AvgIpc) is 3.68. The number of anilines is 1. The third-order valence-corrected chi connectivity index (χ3v) is 9.32. The van der Waals surface area contributed by atoms with E-state index in [9.17, 15) is 9.18 Å². The largest absolute Gasteiger partial charge is 0.381 e. The molecule has 1 amide bonds. The highest BCUT2D eigenvalue weighted by atomic mass is 19.1. The van der Waals surface area contributed by atoms with Crippen LogP contribution in [0.1, 0.15) is 41.6 Å². The number of ether oxygens (including phenoxy) is 1. The van der Waals surface area contributed by atoms with E-state index in [4.69, 9.17) is 15.5 Å². The number of hydrogen-bond donors (Lipinski definition) is 1. The number of aromatic nitrogens is 3. The lowest BCUT2D eigenvalue weighted by Gasteiger charge is -2.33. The number of alkyl halides is 1. The van der Waals surface area contributed by atoms with E-state index in [0.717, 1.165) is 67.0 Å². The van der Waals surface area contributed by atoms with Gasteiger partial charge < -0.3 is 29.4 Å². The minimum atomic E-state index is -0.656. The number of fused-ring (bicyclic) bond motifs is 3. The van der Waals surface area contributed by atoms with E-state index >= 15 is 0 Å². The fraction of sp³-hybridized carbons (Fsp3) is 0.500. The van der Waals surface area contributed by atoms with Gasteiger partial charge in [0.1, 0.15) is 6.67 Å². The molecule has 1 saturated carbocycles. The van der Waals surface area contributed by atoms with E-state index in [-0.39, 0.29) is 12.5 Å². The van der Waals surface area contributed by atoms with Gasteiger partial charge in [-0.1, -0.05) is 6.07 Å².